The van der Waals surface area contributed by atoms with Gasteiger partial charge in [-0.1, -0.05) is 47.6 Å². The van der Waals surface area contributed by atoms with Crippen LogP contribution in [0.5, 0.6) is 5.75 Å². The van der Waals surface area contributed by atoms with E-state index in [2.05, 4.69) is 15.5 Å². The van der Waals surface area contributed by atoms with Gasteiger partial charge in [0.15, 0.2) is 6.61 Å². The van der Waals surface area contributed by atoms with Gasteiger partial charge >= 0.3 is 0 Å². The molecule has 3 aromatic rings. The number of carbonyl (C=O) groups is 1. The van der Waals surface area contributed by atoms with Crippen LogP contribution in [0.3, 0.4) is 0 Å². The minimum absolute atomic E-state index is 0.145. The van der Waals surface area contributed by atoms with Crippen LogP contribution in [0.25, 0.3) is 0 Å². The second-order valence-corrected chi connectivity index (χ2v) is 7.18. The maximum Gasteiger partial charge on any atom is 0.277 e. The molecule has 0 unspecified atom stereocenters. The second kappa shape index (κ2) is 8.92. The van der Waals surface area contributed by atoms with E-state index < -0.39 is 0 Å². The summed E-state index contributed by atoms with van der Waals surface area (Å²) >= 11 is 7.06. The van der Waals surface area contributed by atoms with Crippen LogP contribution in [-0.4, -0.2) is 21.9 Å². The molecule has 0 atom stereocenters. The van der Waals surface area contributed by atoms with Gasteiger partial charge in [-0.3, -0.25) is 4.79 Å². The quantitative estimate of drug-likeness (QED) is 0.578. The number of para-hydroxylation sites is 1. The van der Waals surface area contributed by atoms with Crippen molar-refractivity contribution in [1.82, 2.24) is 10.2 Å². The van der Waals surface area contributed by atoms with Crippen molar-refractivity contribution in [3.05, 3.63) is 64.5 Å². The largest absolute Gasteiger partial charge is 0.483 e. The first-order valence-electron chi connectivity index (χ1n) is 8.21. The molecule has 6 nitrogen and oxygen atoms in total. The Balaban J connectivity index is 1.50. The van der Waals surface area contributed by atoms with Crippen molar-refractivity contribution in [2.45, 2.75) is 25.7 Å². The molecule has 1 N–H and O–H groups in total. The molecule has 0 spiro atoms. The highest BCUT2D eigenvalue weighted by Crippen LogP contribution is 2.24. The third-order valence-electron chi connectivity index (χ3n) is 3.63. The summed E-state index contributed by atoms with van der Waals surface area (Å²) in [6.45, 7) is 4.14. The van der Waals surface area contributed by atoms with E-state index in [0.717, 1.165) is 28.6 Å². The summed E-state index contributed by atoms with van der Waals surface area (Å²) < 4.78 is 11.3. The van der Waals surface area contributed by atoms with Crippen molar-refractivity contribution in [2.24, 2.45) is 0 Å². The predicted molar refractivity (Wildman–Crippen MR) is 105 cm³/mol. The summed E-state index contributed by atoms with van der Waals surface area (Å²) in [5.74, 6) is 1.13. The molecule has 0 fully saturated rings. The van der Waals surface area contributed by atoms with E-state index in [1.54, 1.807) is 24.3 Å². The minimum atomic E-state index is -0.186. The van der Waals surface area contributed by atoms with E-state index in [1.807, 2.05) is 32.0 Å². The lowest BCUT2D eigenvalue weighted by Crippen LogP contribution is -2.13. The van der Waals surface area contributed by atoms with Crippen molar-refractivity contribution in [3.63, 3.8) is 0 Å². The maximum absolute atomic E-state index is 12.0. The molecule has 0 bridgehead atoms. The van der Waals surface area contributed by atoms with E-state index in [0.29, 0.717) is 21.8 Å². The zero-order valence-electron chi connectivity index (χ0n) is 14.9. The van der Waals surface area contributed by atoms with Crippen molar-refractivity contribution in [1.29, 1.82) is 0 Å². The highest BCUT2D eigenvalue weighted by atomic mass is 35.5. The SMILES string of the molecule is Cc1cccc(C)c1OCc1nnc(SCC(=O)Nc2cccc(Cl)c2)o1. The molecule has 1 aromatic heterocycles. The summed E-state index contributed by atoms with van der Waals surface area (Å²) in [5, 5.41) is 11.5. The zero-order valence-corrected chi connectivity index (χ0v) is 16.4. The highest BCUT2D eigenvalue weighted by molar-refractivity contribution is 7.99. The fraction of sp³-hybridized carbons (Fsp3) is 0.211. The van der Waals surface area contributed by atoms with Crippen molar-refractivity contribution in [3.8, 4) is 5.75 Å². The predicted octanol–water partition coefficient (Wildman–Crippen LogP) is 4.65. The van der Waals surface area contributed by atoms with Crippen LogP contribution in [0, 0.1) is 13.8 Å². The van der Waals surface area contributed by atoms with Crippen LogP contribution in [0.2, 0.25) is 5.02 Å². The summed E-state index contributed by atoms with van der Waals surface area (Å²) in [6.07, 6.45) is 0. The average molecular weight is 404 g/mol. The number of nitrogens with one attached hydrogen (secondary N) is 1. The number of hydrogen-bond donors (Lipinski definition) is 1. The molecule has 0 aliphatic carbocycles. The van der Waals surface area contributed by atoms with Gasteiger partial charge in [-0.2, -0.15) is 0 Å². The molecule has 3 rings (SSSR count). The van der Waals surface area contributed by atoms with Gasteiger partial charge in [0.2, 0.25) is 5.91 Å². The van der Waals surface area contributed by atoms with Crippen molar-refractivity contribution >= 4 is 35.0 Å². The van der Waals surface area contributed by atoms with E-state index in [4.69, 9.17) is 20.8 Å². The summed E-state index contributed by atoms with van der Waals surface area (Å²) in [4.78, 5) is 12.0. The number of anilines is 1. The van der Waals surface area contributed by atoms with E-state index in [-0.39, 0.29) is 18.3 Å². The number of ether oxygens (including phenoxy) is 1. The maximum atomic E-state index is 12.0. The van der Waals surface area contributed by atoms with Crippen molar-refractivity contribution in [2.75, 3.05) is 11.1 Å². The fourth-order valence-corrected chi connectivity index (χ4v) is 3.18. The zero-order chi connectivity index (χ0) is 19.2. The summed E-state index contributed by atoms with van der Waals surface area (Å²) in [7, 11) is 0. The number of amides is 1. The summed E-state index contributed by atoms with van der Waals surface area (Å²) in [6, 6.07) is 12.9. The van der Waals surface area contributed by atoms with Gasteiger partial charge in [-0.05, 0) is 43.2 Å². The lowest BCUT2D eigenvalue weighted by molar-refractivity contribution is -0.113. The molecule has 0 saturated heterocycles. The number of aryl methyl sites for hydroxylation is 2. The van der Waals surface area contributed by atoms with Crippen LogP contribution in [0.1, 0.15) is 17.0 Å². The average Bonchev–Trinajstić information content (AvgIpc) is 3.07. The Morgan fingerprint density at radius 1 is 1.19 bits per heavy atom. The number of aromatic nitrogens is 2. The normalized spacial score (nSPS) is 10.6. The van der Waals surface area contributed by atoms with Crippen LogP contribution in [-0.2, 0) is 11.4 Å². The Kier molecular flexibility index (Phi) is 6.36. The van der Waals surface area contributed by atoms with Gasteiger partial charge in [0.25, 0.3) is 11.1 Å². The van der Waals surface area contributed by atoms with Crippen LogP contribution in [0.15, 0.2) is 52.1 Å². The number of benzene rings is 2. The van der Waals surface area contributed by atoms with Crippen LogP contribution < -0.4 is 10.1 Å². The first-order chi connectivity index (χ1) is 13.0. The van der Waals surface area contributed by atoms with Gasteiger partial charge in [0.05, 0.1) is 5.75 Å². The van der Waals surface area contributed by atoms with E-state index in [1.165, 1.54) is 0 Å². The molecule has 1 amide bonds. The third-order valence-corrected chi connectivity index (χ3v) is 4.69. The van der Waals surface area contributed by atoms with Gasteiger partial charge in [0.1, 0.15) is 5.75 Å². The molecular weight excluding hydrogens is 386 g/mol. The Labute approximate surface area is 166 Å². The molecule has 0 aliphatic heterocycles. The fourth-order valence-electron chi connectivity index (χ4n) is 2.41. The highest BCUT2D eigenvalue weighted by Gasteiger charge is 2.12. The number of halogens is 1. The number of carbonyl (C=O) groups excluding carboxylic acids is 1. The molecule has 140 valence electrons. The van der Waals surface area contributed by atoms with E-state index in [9.17, 15) is 4.79 Å². The Morgan fingerprint density at radius 2 is 1.93 bits per heavy atom. The third kappa shape index (κ3) is 5.48. The van der Waals surface area contributed by atoms with Crippen LogP contribution in [0.4, 0.5) is 5.69 Å². The Bertz CT molecular complexity index is 925. The van der Waals surface area contributed by atoms with Gasteiger partial charge < -0.3 is 14.5 Å². The minimum Gasteiger partial charge on any atom is -0.483 e. The van der Waals surface area contributed by atoms with Gasteiger partial charge in [-0.25, -0.2) is 0 Å². The smallest absolute Gasteiger partial charge is 0.277 e. The number of hydrogen-bond acceptors (Lipinski definition) is 6. The lowest BCUT2D eigenvalue weighted by atomic mass is 10.1. The van der Waals surface area contributed by atoms with Crippen molar-refractivity contribution < 1.29 is 13.9 Å². The number of nitrogens with zero attached hydrogens (tertiary/aromatic N) is 2. The number of thioether (sulfide) groups is 1. The van der Waals surface area contributed by atoms with Gasteiger partial charge in [-0.15, -0.1) is 10.2 Å². The molecule has 1 heterocycles. The lowest BCUT2D eigenvalue weighted by Gasteiger charge is -2.09. The monoisotopic (exact) mass is 403 g/mol. The molecule has 2 aromatic carbocycles. The first kappa shape index (κ1) is 19.3. The Hall–Kier alpha value is -2.51. The molecule has 0 saturated carbocycles. The van der Waals surface area contributed by atoms with Crippen LogP contribution >= 0.6 is 23.4 Å². The molecular formula is C19H18ClN3O3S. The second-order valence-electron chi connectivity index (χ2n) is 5.82. The standard InChI is InChI=1S/C19H18ClN3O3S/c1-12-5-3-6-13(2)18(12)25-10-17-22-23-19(26-17)27-11-16(24)21-15-8-4-7-14(20)9-15/h3-9H,10-11H2,1-2H3,(H,21,24). The topological polar surface area (TPSA) is 77.2 Å². The number of rotatable bonds is 7. The summed E-state index contributed by atoms with van der Waals surface area (Å²) in [5.41, 5.74) is 2.73. The first-order valence-corrected chi connectivity index (χ1v) is 9.57. The molecule has 0 aliphatic rings. The molecule has 8 heteroatoms. The van der Waals surface area contributed by atoms with Gasteiger partial charge in [0, 0.05) is 10.7 Å². The van der Waals surface area contributed by atoms with E-state index >= 15 is 0 Å². The molecule has 27 heavy (non-hydrogen) atoms. The molecule has 0 radical (unpaired) electrons. The Morgan fingerprint density at radius 3 is 2.67 bits per heavy atom.